The van der Waals surface area contributed by atoms with Crippen LogP contribution >= 0.6 is 11.3 Å². The van der Waals surface area contributed by atoms with Crippen LogP contribution in [0.25, 0.3) is 10.2 Å². The Hall–Kier alpha value is -2.78. The van der Waals surface area contributed by atoms with Gasteiger partial charge in [0, 0.05) is 4.88 Å². The molecule has 6 heteroatoms. The van der Waals surface area contributed by atoms with E-state index in [9.17, 15) is 4.79 Å². The molecular weight excluding hydrogens is 332 g/mol. The Morgan fingerprint density at radius 1 is 1.20 bits per heavy atom. The SMILES string of the molecule is N#Cc1ccc(C=Nn2cnc3sc4c(c3c2=O)CCCCC4)cc1. The summed E-state index contributed by atoms with van der Waals surface area (Å²) < 4.78 is 1.30. The van der Waals surface area contributed by atoms with E-state index in [0.29, 0.717) is 5.56 Å². The van der Waals surface area contributed by atoms with Gasteiger partial charge in [0.1, 0.15) is 11.2 Å². The first-order valence-corrected chi connectivity index (χ1v) is 9.14. The number of hydrogen-bond donors (Lipinski definition) is 0. The lowest BCUT2D eigenvalue weighted by Crippen LogP contribution is -2.17. The molecule has 3 aromatic rings. The number of benzene rings is 1. The molecule has 0 atom stereocenters. The summed E-state index contributed by atoms with van der Waals surface area (Å²) in [6.45, 7) is 0. The first-order chi connectivity index (χ1) is 12.3. The Labute approximate surface area is 148 Å². The number of thiophene rings is 1. The number of rotatable bonds is 2. The highest BCUT2D eigenvalue weighted by molar-refractivity contribution is 7.18. The number of aromatic nitrogens is 2. The molecule has 5 nitrogen and oxygen atoms in total. The molecule has 124 valence electrons. The molecule has 0 spiro atoms. The lowest BCUT2D eigenvalue weighted by Gasteiger charge is -2.00. The fraction of sp³-hybridized carbons (Fsp3) is 0.263. The summed E-state index contributed by atoms with van der Waals surface area (Å²) in [6, 6.07) is 9.14. The van der Waals surface area contributed by atoms with Gasteiger partial charge >= 0.3 is 0 Å². The molecule has 2 heterocycles. The molecule has 0 saturated heterocycles. The van der Waals surface area contributed by atoms with Gasteiger partial charge in [-0.15, -0.1) is 11.3 Å². The number of fused-ring (bicyclic) bond motifs is 3. The summed E-state index contributed by atoms with van der Waals surface area (Å²) >= 11 is 1.65. The van der Waals surface area contributed by atoms with Gasteiger partial charge in [-0.2, -0.15) is 15.0 Å². The second-order valence-corrected chi connectivity index (χ2v) is 7.20. The van der Waals surface area contributed by atoms with Gasteiger partial charge in [0.05, 0.1) is 23.2 Å². The van der Waals surface area contributed by atoms with Crippen molar-refractivity contribution in [2.24, 2.45) is 5.10 Å². The van der Waals surface area contributed by atoms with Gasteiger partial charge < -0.3 is 0 Å². The monoisotopic (exact) mass is 348 g/mol. The van der Waals surface area contributed by atoms with Crippen LogP contribution in [-0.4, -0.2) is 15.9 Å². The number of nitrogens with zero attached hydrogens (tertiary/aromatic N) is 4. The van der Waals surface area contributed by atoms with Crippen molar-refractivity contribution in [3.8, 4) is 6.07 Å². The third-order valence-corrected chi connectivity index (χ3v) is 5.68. The second-order valence-electron chi connectivity index (χ2n) is 6.12. The quantitative estimate of drug-likeness (QED) is 0.526. The lowest BCUT2D eigenvalue weighted by molar-refractivity contribution is 0.713. The molecule has 0 amide bonds. The second kappa shape index (κ2) is 6.61. The average molecular weight is 348 g/mol. The van der Waals surface area contributed by atoms with Gasteiger partial charge in [0.25, 0.3) is 5.56 Å². The van der Waals surface area contributed by atoms with E-state index in [1.807, 2.05) is 0 Å². The van der Waals surface area contributed by atoms with Crippen molar-refractivity contribution in [2.45, 2.75) is 32.1 Å². The third kappa shape index (κ3) is 2.99. The Balaban J connectivity index is 1.74. The first-order valence-electron chi connectivity index (χ1n) is 8.32. The largest absolute Gasteiger partial charge is 0.282 e. The standard InChI is InChI=1S/C19H16N4OS/c20-10-13-6-8-14(9-7-13)11-22-23-12-21-18-17(19(23)24)15-4-2-1-3-5-16(15)25-18/h6-9,11-12H,1-5H2. The highest BCUT2D eigenvalue weighted by Gasteiger charge is 2.18. The number of aryl methyl sites for hydroxylation is 2. The van der Waals surface area contributed by atoms with Crippen LogP contribution in [0.15, 0.2) is 40.5 Å². The maximum atomic E-state index is 12.9. The van der Waals surface area contributed by atoms with E-state index in [1.165, 1.54) is 34.3 Å². The minimum atomic E-state index is -0.103. The van der Waals surface area contributed by atoms with E-state index in [-0.39, 0.29) is 5.56 Å². The summed E-state index contributed by atoms with van der Waals surface area (Å²) in [5.74, 6) is 0. The first kappa shape index (κ1) is 15.7. The predicted molar refractivity (Wildman–Crippen MR) is 99.3 cm³/mol. The van der Waals surface area contributed by atoms with Crippen LogP contribution in [-0.2, 0) is 12.8 Å². The molecule has 0 fully saturated rings. The van der Waals surface area contributed by atoms with Gasteiger partial charge in [-0.3, -0.25) is 4.79 Å². The molecule has 0 radical (unpaired) electrons. The van der Waals surface area contributed by atoms with Gasteiger partial charge in [0.15, 0.2) is 0 Å². The smallest absolute Gasteiger partial charge is 0.267 e. The Kier molecular flexibility index (Phi) is 4.16. The normalized spacial score (nSPS) is 14.4. The van der Waals surface area contributed by atoms with Gasteiger partial charge in [0.2, 0.25) is 0 Å². The summed E-state index contributed by atoms with van der Waals surface area (Å²) in [6.07, 6.45) is 8.63. The molecule has 2 aromatic heterocycles. The molecule has 0 saturated carbocycles. The molecule has 1 aliphatic carbocycles. The maximum absolute atomic E-state index is 12.9. The summed E-state index contributed by atoms with van der Waals surface area (Å²) in [5, 5.41) is 13.8. The fourth-order valence-corrected chi connectivity index (χ4v) is 4.39. The molecule has 0 aliphatic heterocycles. The Bertz CT molecular complexity index is 1050. The van der Waals surface area contributed by atoms with Crippen molar-refractivity contribution in [3.63, 3.8) is 0 Å². The zero-order valence-corrected chi connectivity index (χ0v) is 14.4. The van der Waals surface area contributed by atoms with E-state index in [2.05, 4.69) is 16.2 Å². The Morgan fingerprint density at radius 3 is 2.80 bits per heavy atom. The van der Waals surface area contributed by atoms with Crippen LogP contribution in [0.3, 0.4) is 0 Å². The number of hydrogen-bond acceptors (Lipinski definition) is 5. The predicted octanol–water partition coefficient (Wildman–Crippen LogP) is 3.48. The lowest BCUT2D eigenvalue weighted by atomic mass is 10.1. The van der Waals surface area contributed by atoms with Crippen LogP contribution < -0.4 is 5.56 Å². The molecule has 0 unspecified atom stereocenters. The van der Waals surface area contributed by atoms with Crippen LogP contribution in [0, 0.1) is 11.3 Å². The van der Waals surface area contributed by atoms with E-state index in [1.54, 1.807) is 41.8 Å². The van der Waals surface area contributed by atoms with E-state index >= 15 is 0 Å². The molecule has 1 aliphatic rings. The average Bonchev–Trinajstić information content (AvgIpc) is 2.84. The Morgan fingerprint density at radius 2 is 2.00 bits per heavy atom. The van der Waals surface area contributed by atoms with Gasteiger partial charge in [-0.25, -0.2) is 4.98 Å². The molecule has 1 aromatic carbocycles. The third-order valence-electron chi connectivity index (χ3n) is 4.48. The van der Waals surface area contributed by atoms with Crippen molar-refractivity contribution in [1.82, 2.24) is 9.66 Å². The van der Waals surface area contributed by atoms with Crippen LogP contribution in [0.1, 0.15) is 40.8 Å². The van der Waals surface area contributed by atoms with Crippen molar-refractivity contribution < 1.29 is 0 Å². The molecule has 0 N–H and O–H groups in total. The van der Waals surface area contributed by atoms with Crippen molar-refractivity contribution in [2.75, 3.05) is 0 Å². The number of nitriles is 1. The molecular formula is C19H16N4OS. The summed E-state index contributed by atoms with van der Waals surface area (Å²) in [5.41, 5.74) is 2.50. The highest BCUT2D eigenvalue weighted by Crippen LogP contribution is 2.32. The minimum absolute atomic E-state index is 0.103. The van der Waals surface area contributed by atoms with E-state index in [4.69, 9.17) is 5.26 Å². The van der Waals surface area contributed by atoms with Gasteiger partial charge in [-0.1, -0.05) is 18.6 Å². The van der Waals surface area contributed by atoms with Crippen molar-refractivity contribution in [3.05, 3.63) is 62.5 Å². The summed E-state index contributed by atoms with van der Waals surface area (Å²) in [4.78, 5) is 19.4. The van der Waals surface area contributed by atoms with Crippen LogP contribution in [0.4, 0.5) is 0 Å². The topological polar surface area (TPSA) is 71.0 Å². The highest BCUT2D eigenvalue weighted by atomic mass is 32.1. The van der Waals surface area contributed by atoms with Crippen LogP contribution in [0.5, 0.6) is 0 Å². The summed E-state index contributed by atoms with van der Waals surface area (Å²) in [7, 11) is 0. The molecule has 25 heavy (non-hydrogen) atoms. The van der Waals surface area contributed by atoms with Gasteiger partial charge in [-0.05, 0) is 48.9 Å². The minimum Gasteiger partial charge on any atom is -0.267 e. The van der Waals surface area contributed by atoms with E-state index in [0.717, 1.165) is 35.0 Å². The van der Waals surface area contributed by atoms with Crippen LogP contribution in [0.2, 0.25) is 0 Å². The molecule has 0 bridgehead atoms. The van der Waals surface area contributed by atoms with Crippen molar-refractivity contribution >= 4 is 27.8 Å². The molecule has 4 rings (SSSR count). The maximum Gasteiger partial charge on any atom is 0.282 e. The zero-order valence-electron chi connectivity index (χ0n) is 13.6. The van der Waals surface area contributed by atoms with Crippen molar-refractivity contribution in [1.29, 1.82) is 5.26 Å². The fourth-order valence-electron chi connectivity index (χ4n) is 3.17. The van der Waals surface area contributed by atoms with E-state index < -0.39 is 0 Å². The zero-order chi connectivity index (χ0) is 17.2.